The molecule has 2 N–H and O–H groups in total. The highest BCUT2D eigenvalue weighted by Gasteiger charge is 2.42. The normalized spacial score (nSPS) is 34.3. The van der Waals surface area contributed by atoms with Crippen molar-refractivity contribution in [2.45, 2.75) is 44.8 Å². The lowest BCUT2D eigenvalue weighted by atomic mass is 9.82. The van der Waals surface area contributed by atoms with Gasteiger partial charge < -0.3 is 15.2 Å². The van der Waals surface area contributed by atoms with E-state index in [2.05, 4.69) is 13.8 Å². The molecular weight excluding hydrogens is 246 g/mol. The summed E-state index contributed by atoms with van der Waals surface area (Å²) in [6.45, 7) is 7.01. The number of thioether (sulfide) groups is 1. The maximum Gasteiger partial charge on any atom is 0.0939 e. The van der Waals surface area contributed by atoms with E-state index in [0.29, 0.717) is 12.0 Å². The van der Waals surface area contributed by atoms with Gasteiger partial charge in [-0.2, -0.15) is 11.8 Å². The van der Waals surface area contributed by atoms with Crippen LogP contribution in [0.25, 0.3) is 0 Å². The average molecular weight is 273 g/mol. The first-order valence-corrected chi connectivity index (χ1v) is 8.32. The summed E-state index contributed by atoms with van der Waals surface area (Å²) in [5, 5.41) is 0. The van der Waals surface area contributed by atoms with Gasteiger partial charge in [0.2, 0.25) is 0 Å². The number of ether oxygens (including phenoxy) is 2. The summed E-state index contributed by atoms with van der Waals surface area (Å²) in [6.07, 6.45) is 3.26. The molecule has 2 fully saturated rings. The van der Waals surface area contributed by atoms with Gasteiger partial charge in [-0.15, -0.1) is 0 Å². The number of hydrogen-bond donors (Lipinski definition) is 1. The highest BCUT2D eigenvalue weighted by atomic mass is 32.2. The van der Waals surface area contributed by atoms with Crippen LogP contribution >= 0.6 is 11.8 Å². The fourth-order valence-corrected chi connectivity index (χ4v) is 4.02. The van der Waals surface area contributed by atoms with Crippen molar-refractivity contribution in [2.24, 2.45) is 17.6 Å². The quantitative estimate of drug-likeness (QED) is 0.835. The van der Waals surface area contributed by atoms with Crippen LogP contribution in [0.5, 0.6) is 0 Å². The van der Waals surface area contributed by atoms with Crippen molar-refractivity contribution >= 4 is 11.8 Å². The minimum atomic E-state index is 0.00323. The second-order valence-corrected chi connectivity index (χ2v) is 7.26. The summed E-state index contributed by atoms with van der Waals surface area (Å²) >= 11 is 2.00. The number of nitrogens with two attached hydrogens (primary N) is 1. The summed E-state index contributed by atoms with van der Waals surface area (Å²) in [6, 6.07) is 0.315. The molecule has 2 rings (SSSR count). The fourth-order valence-electron chi connectivity index (χ4n) is 2.87. The van der Waals surface area contributed by atoms with E-state index in [1.807, 2.05) is 11.8 Å². The SMILES string of the molecule is CC(C)CSCC(N)C1CCOC2(CCOC2)C1. The minimum absolute atomic E-state index is 0.00323. The van der Waals surface area contributed by atoms with Crippen molar-refractivity contribution in [2.75, 3.05) is 31.3 Å². The van der Waals surface area contributed by atoms with Crippen molar-refractivity contribution in [1.29, 1.82) is 0 Å². The third-order valence-corrected chi connectivity index (χ3v) is 5.49. The maximum atomic E-state index is 6.37. The third kappa shape index (κ3) is 3.86. The first-order chi connectivity index (χ1) is 8.61. The van der Waals surface area contributed by atoms with Crippen LogP contribution in [0.1, 0.15) is 33.1 Å². The predicted molar refractivity (Wildman–Crippen MR) is 77.0 cm³/mol. The zero-order chi connectivity index (χ0) is 13.0. The van der Waals surface area contributed by atoms with Gasteiger partial charge in [-0.3, -0.25) is 0 Å². The van der Waals surface area contributed by atoms with Crippen LogP contribution in [0.4, 0.5) is 0 Å². The molecule has 2 aliphatic heterocycles. The summed E-state index contributed by atoms with van der Waals surface area (Å²) in [5.74, 6) is 3.66. The van der Waals surface area contributed by atoms with E-state index in [0.717, 1.165) is 50.8 Å². The summed E-state index contributed by atoms with van der Waals surface area (Å²) < 4.78 is 11.5. The van der Waals surface area contributed by atoms with Gasteiger partial charge >= 0.3 is 0 Å². The smallest absolute Gasteiger partial charge is 0.0939 e. The number of hydrogen-bond acceptors (Lipinski definition) is 4. The zero-order valence-electron chi connectivity index (χ0n) is 11.7. The summed E-state index contributed by atoms with van der Waals surface area (Å²) in [5.41, 5.74) is 6.37. The Morgan fingerprint density at radius 1 is 1.33 bits per heavy atom. The van der Waals surface area contributed by atoms with Gasteiger partial charge in [0, 0.05) is 31.4 Å². The molecule has 18 heavy (non-hydrogen) atoms. The van der Waals surface area contributed by atoms with E-state index < -0.39 is 0 Å². The Bertz CT molecular complexity index is 254. The Labute approximate surface area is 115 Å². The molecule has 0 radical (unpaired) electrons. The highest BCUT2D eigenvalue weighted by molar-refractivity contribution is 7.99. The molecule has 106 valence electrons. The molecule has 2 aliphatic rings. The molecule has 0 aromatic heterocycles. The first kappa shape index (κ1) is 14.6. The lowest BCUT2D eigenvalue weighted by Crippen LogP contribution is -2.46. The molecule has 0 saturated carbocycles. The predicted octanol–water partition coefficient (Wildman–Crippen LogP) is 2.29. The molecule has 0 aliphatic carbocycles. The Balaban J connectivity index is 1.77. The zero-order valence-corrected chi connectivity index (χ0v) is 12.5. The molecule has 0 amide bonds. The molecule has 3 atom stereocenters. The monoisotopic (exact) mass is 273 g/mol. The fraction of sp³-hybridized carbons (Fsp3) is 1.00. The van der Waals surface area contributed by atoms with E-state index in [9.17, 15) is 0 Å². The Kier molecular flexibility index (Phi) is 5.36. The average Bonchev–Trinajstić information content (AvgIpc) is 2.76. The molecule has 2 saturated heterocycles. The van der Waals surface area contributed by atoms with Crippen LogP contribution in [-0.2, 0) is 9.47 Å². The summed E-state index contributed by atoms with van der Waals surface area (Å²) in [4.78, 5) is 0. The molecular formula is C14H27NO2S. The molecule has 3 unspecified atom stereocenters. The van der Waals surface area contributed by atoms with Gasteiger partial charge in [0.1, 0.15) is 0 Å². The highest BCUT2D eigenvalue weighted by Crippen LogP contribution is 2.37. The van der Waals surface area contributed by atoms with Crippen molar-refractivity contribution in [1.82, 2.24) is 0 Å². The van der Waals surface area contributed by atoms with E-state index in [1.165, 1.54) is 5.75 Å². The van der Waals surface area contributed by atoms with E-state index in [1.54, 1.807) is 0 Å². The van der Waals surface area contributed by atoms with Crippen molar-refractivity contribution in [3.05, 3.63) is 0 Å². The van der Waals surface area contributed by atoms with Gasteiger partial charge in [-0.25, -0.2) is 0 Å². The van der Waals surface area contributed by atoms with Crippen LogP contribution in [0, 0.1) is 11.8 Å². The third-order valence-electron chi connectivity index (χ3n) is 3.97. The second-order valence-electron chi connectivity index (χ2n) is 6.18. The lowest BCUT2D eigenvalue weighted by molar-refractivity contribution is -0.100. The molecule has 2 heterocycles. The van der Waals surface area contributed by atoms with Gasteiger partial charge in [0.05, 0.1) is 12.2 Å². The maximum absolute atomic E-state index is 6.37. The first-order valence-electron chi connectivity index (χ1n) is 7.16. The van der Waals surface area contributed by atoms with Gasteiger partial charge in [-0.1, -0.05) is 13.8 Å². The van der Waals surface area contributed by atoms with E-state index in [4.69, 9.17) is 15.2 Å². The van der Waals surface area contributed by atoms with Gasteiger partial charge in [0.25, 0.3) is 0 Å². The Morgan fingerprint density at radius 3 is 2.83 bits per heavy atom. The van der Waals surface area contributed by atoms with E-state index >= 15 is 0 Å². The molecule has 0 aromatic carbocycles. The van der Waals surface area contributed by atoms with Crippen LogP contribution in [0.2, 0.25) is 0 Å². The standard InChI is InChI=1S/C14H27NO2S/c1-11(2)8-18-9-13(15)12-3-5-17-14(7-12)4-6-16-10-14/h11-13H,3-10,15H2,1-2H3. The van der Waals surface area contributed by atoms with Gasteiger partial charge in [-0.05, 0) is 30.4 Å². The molecule has 0 aromatic rings. The van der Waals surface area contributed by atoms with Crippen LogP contribution in [0.15, 0.2) is 0 Å². The Hall–Kier alpha value is 0.230. The topological polar surface area (TPSA) is 44.5 Å². The van der Waals surface area contributed by atoms with Crippen molar-refractivity contribution < 1.29 is 9.47 Å². The summed E-state index contributed by atoms with van der Waals surface area (Å²) in [7, 11) is 0. The molecule has 1 spiro atoms. The van der Waals surface area contributed by atoms with Crippen LogP contribution in [-0.4, -0.2) is 43.0 Å². The molecule has 4 heteroatoms. The minimum Gasteiger partial charge on any atom is -0.378 e. The van der Waals surface area contributed by atoms with Gasteiger partial charge in [0.15, 0.2) is 0 Å². The van der Waals surface area contributed by atoms with Crippen LogP contribution in [0.3, 0.4) is 0 Å². The van der Waals surface area contributed by atoms with Crippen LogP contribution < -0.4 is 5.73 Å². The largest absolute Gasteiger partial charge is 0.378 e. The molecule has 3 nitrogen and oxygen atoms in total. The van der Waals surface area contributed by atoms with Crippen molar-refractivity contribution in [3.8, 4) is 0 Å². The lowest BCUT2D eigenvalue weighted by Gasteiger charge is -2.39. The second kappa shape index (κ2) is 6.60. The van der Waals surface area contributed by atoms with E-state index in [-0.39, 0.29) is 5.60 Å². The van der Waals surface area contributed by atoms with Crippen molar-refractivity contribution in [3.63, 3.8) is 0 Å². The molecule has 0 bridgehead atoms. The number of rotatable bonds is 5. The Morgan fingerprint density at radius 2 is 2.17 bits per heavy atom.